The lowest BCUT2D eigenvalue weighted by molar-refractivity contribution is -0.274. The summed E-state index contributed by atoms with van der Waals surface area (Å²) in [5, 5.41) is 6.54. The molecule has 0 amide bonds. The molecule has 0 bridgehead atoms. The monoisotopic (exact) mass is 416 g/mol. The van der Waals surface area contributed by atoms with Crippen LogP contribution in [-0.2, 0) is 6.54 Å². The number of nitrogens with one attached hydrogen (secondary N) is 2. The van der Waals surface area contributed by atoms with Crippen molar-refractivity contribution < 1.29 is 17.9 Å². The van der Waals surface area contributed by atoms with Crippen LogP contribution in [0.2, 0.25) is 0 Å². The first-order chi connectivity index (χ1) is 13.9. The van der Waals surface area contributed by atoms with Gasteiger partial charge in [-0.15, -0.1) is 13.2 Å². The number of halogens is 3. The van der Waals surface area contributed by atoms with E-state index in [2.05, 4.69) is 15.4 Å². The smallest absolute Gasteiger partial charge is 0.405 e. The third-order valence-electron chi connectivity index (χ3n) is 4.18. The maximum absolute atomic E-state index is 12.6. The van der Waals surface area contributed by atoms with Crippen molar-refractivity contribution in [2.45, 2.75) is 18.9 Å². The average molecular weight is 416 g/mol. The molecule has 3 aromatic carbocycles. The Bertz CT molecular complexity index is 894. The zero-order valence-electron chi connectivity index (χ0n) is 15.3. The summed E-state index contributed by atoms with van der Waals surface area (Å²) in [5.74, 6) is -0.252. The maximum atomic E-state index is 12.6. The predicted octanol–water partition coefficient (Wildman–Crippen LogP) is 5.34. The zero-order chi connectivity index (χ0) is 20.7. The lowest BCUT2D eigenvalue weighted by atomic mass is 9.99. The van der Waals surface area contributed by atoms with Gasteiger partial charge in [0.25, 0.3) is 0 Å². The van der Waals surface area contributed by atoms with E-state index in [9.17, 15) is 13.2 Å². The number of alkyl halides is 3. The van der Waals surface area contributed by atoms with Gasteiger partial charge in [-0.2, -0.15) is 0 Å². The highest BCUT2D eigenvalue weighted by atomic mass is 32.1. The minimum absolute atomic E-state index is 0.0917. The van der Waals surface area contributed by atoms with Gasteiger partial charge >= 0.3 is 6.36 Å². The van der Waals surface area contributed by atoms with Crippen molar-refractivity contribution in [2.75, 3.05) is 0 Å². The highest BCUT2D eigenvalue weighted by molar-refractivity contribution is 7.80. The largest absolute Gasteiger partial charge is 0.573 e. The van der Waals surface area contributed by atoms with Crippen LogP contribution in [0.4, 0.5) is 13.2 Å². The molecule has 0 aliphatic carbocycles. The zero-order valence-corrected chi connectivity index (χ0v) is 16.1. The van der Waals surface area contributed by atoms with Crippen molar-refractivity contribution in [1.29, 1.82) is 0 Å². The SMILES string of the molecule is FC(F)(F)Oc1ccccc1CNC(=S)NC(c1ccccc1)c1ccccc1. The number of ether oxygens (including phenoxy) is 1. The Labute approximate surface area is 172 Å². The molecule has 0 unspecified atom stereocenters. The summed E-state index contributed by atoms with van der Waals surface area (Å²) in [6.45, 7) is 0.0917. The molecule has 0 radical (unpaired) electrons. The van der Waals surface area contributed by atoms with Crippen LogP contribution >= 0.6 is 12.2 Å². The lowest BCUT2D eigenvalue weighted by Crippen LogP contribution is -2.38. The van der Waals surface area contributed by atoms with Crippen LogP contribution < -0.4 is 15.4 Å². The molecule has 3 rings (SSSR count). The fraction of sp³-hybridized carbons (Fsp3) is 0.136. The quantitative estimate of drug-likeness (QED) is 0.532. The Hall–Kier alpha value is -3.06. The number of benzene rings is 3. The Morgan fingerprint density at radius 2 is 1.34 bits per heavy atom. The van der Waals surface area contributed by atoms with Gasteiger partial charge in [0.15, 0.2) is 5.11 Å². The van der Waals surface area contributed by atoms with E-state index in [1.807, 2.05) is 60.7 Å². The van der Waals surface area contributed by atoms with Crippen LogP contribution in [0.1, 0.15) is 22.7 Å². The van der Waals surface area contributed by atoms with Gasteiger partial charge in [-0.25, -0.2) is 0 Å². The van der Waals surface area contributed by atoms with Gasteiger partial charge in [-0.1, -0.05) is 78.9 Å². The summed E-state index contributed by atoms with van der Waals surface area (Å²) in [7, 11) is 0. The second-order valence-corrected chi connectivity index (χ2v) is 6.65. The van der Waals surface area contributed by atoms with Gasteiger partial charge in [-0.3, -0.25) is 0 Å². The van der Waals surface area contributed by atoms with E-state index >= 15 is 0 Å². The van der Waals surface area contributed by atoms with E-state index in [1.165, 1.54) is 12.1 Å². The maximum Gasteiger partial charge on any atom is 0.573 e. The van der Waals surface area contributed by atoms with Gasteiger partial charge < -0.3 is 15.4 Å². The van der Waals surface area contributed by atoms with Crippen molar-refractivity contribution in [2.24, 2.45) is 0 Å². The second kappa shape index (κ2) is 9.43. The molecule has 0 saturated heterocycles. The van der Waals surface area contributed by atoms with Crippen LogP contribution in [-0.4, -0.2) is 11.5 Å². The molecular formula is C22H19F3N2OS. The summed E-state index contributed by atoms with van der Waals surface area (Å²) < 4.78 is 41.8. The summed E-state index contributed by atoms with van der Waals surface area (Å²) in [6, 6.07) is 25.3. The van der Waals surface area contributed by atoms with E-state index in [4.69, 9.17) is 12.2 Å². The average Bonchev–Trinajstić information content (AvgIpc) is 2.71. The predicted molar refractivity (Wildman–Crippen MR) is 110 cm³/mol. The highest BCUT2D eigenvalue weighted by Gasteiger charge is 2.32. The van der Waals surface area contributed by atoms with E-state index in [-0.39, 0.29) is 18.3 Å². The van der Waals surface area contributed by atoms with Gasteiger partial charge in [0.1, 0.15) is 5.75 Å². The van der Waals surface area contributed by atoms with Gasteiger partial charge in [0, 0.05) is 12.1 Å². The number of para-hydroxylation sites is 1. The summed E-state index contributed by atoms with van der Waals surface area (Å²) in [6.07, 6.45) is -4.75. The lowest BCUT2D eigenvalue weighted by Gasteiger charge is -2.22. The normalized spacial score (nSPS) is 11.2. The Balaban J connectivity index is 1.71. The number of hydrogen-bond acceptors (Lipinski definition) is 2. The van der Waals surface area contributed by atoms with Crippen molar-refractivity contribution in [1.82, 2.24) is 10.6 Å². The van der Waals surface area contributed by atoms with Gasteiger partial charge in [0.2, 0.25) is 0 Å². The number of thiocarbonyl (C=S) groups is 1. The van der Waals surface area contributed by atoms with E-state index in [0.29, 0.717) is 10.7 Å². The minimum Gasteiger partial charge on any atom is -0.405 e. The fourth-order valence-electron chi connectivity index (χ4n) is 2.88. The Morgan fingerprint density at radius 1 is 0.828 bits per heavy atom. The molecule has 0 atom stereocenters. The molecule has 29 heavy (non-hydrogen) atoms. The van der Waals surface area contributed by atoms with Gasteiger partial charge in [0.05, 0.1) is 6.04 Å². The molecule has 0 saturated carbocycles. The van der Waals surface area contributed by atoms with Crippen molar-refractivity contribution in [3.8, 4) is 5.75 Å². The van der Waals surface area contributed by atoms with E-state index in [0.717, 1.165) is 11.1 Å². The first-order valence-corrected chi connectivity index (χ1v) is 9.31. The van der Waals surface area contributed by atoms with Crippen LogP contribution in [0.15, 0.2) is 84.9 Å². The van der Waals surface area contributed by atoms with Crippen LogP contribution in [0.5, 0.6) is 5.75 Å². The van der Waals surface area contributed by atoms with Gasteiger partial charge in [-0.05, 0) is 29.4 Å². The Morgan fingerprint density at radius 3 is 1.90 bits per heavy atom. The number of rotatable bonds is 6. The fourth-order valence-corrected chi connectivity index (χ4v) is 3.07. The molecule has 0 spiro atoms. The number of hydrogen-bond donors (Lipinski definition) is 2. The van der Waals surface area contributed by atoms with Crippen molar-refractivity contribution in [3.63, 3.8) is 0 Å². The third-order valence-corrected chi connectivity index (χ3v) is 4.44. The third kappa shape index (κ3) is 6.22. The molecule has 3 nitrogen and oxygen atoms in total. The molecule has 0 aliphatic rings. The molecule has 3 aromatic rings. The van der Waals surface area contributed by atoms with E-state index in [1.54, 1.807) is 12.1 Å². The second-order valence-electron chi connectivity index (χ2n) is 6.24. The summed E-state index contributed by atoms with van der Waals surface area (Å²) in [5.41, 5.74) is 2.39. The van der Waals surface area contributed by atoms with Crippen LogP contribution in [0.25, 0.3) is 0 Å². The van der Waals surface area contributed by atoms with Crippen molar-refractivity contribution in [3.05, 3.63) is 102 Å². The molecule has 7 heteroatoms. The molecular weight excluding hydrogens is 397 g/mol. The highest BCUT2D eigenvalue weighted by Crippen LogP contribution is 2.26. The molecule has 0 fully saturated rings. The topological polar surface area (TPSA) is 33.3 Å². The first-order valence-electron chi connectivity index (χ1n) is 8.90. The Kier molecular flexibility index (Phi) is 6.72. The molecule has 0 aromatic heterocycles. The molecule has 0 aliphatic heterocycles. The van der Waals surface area contributed by atoms with Crippen LogP contribution in [0.3, 0.4) is 0 Å². The minimum atomic E-state index is -4.75. The van der Waals surface area contributed by atoms with E-state index < -0.39 is 6.36 Å². The first kappa shape index (κ1) is 20.7. The molecule has 150 valence electrons. The standard InChI is InChI=1S/C22H19F3N2OS/c23-22(24,25)28-19-14-8-7-13-18(19)15-26-21(29)27-20(16-9-3-1-4-10-16)17-11-5-2-6-12-17/h1-14,20H,15H2,(H2,26,27,29). The molecule has 0 heterocycles. The molecule has 2 N–H and O–H groups in total. The van der Waals surface area contributed by atoms with Crippen molar-refractivity contribution >= 4 is 17.3 Å². The van der Waals surface area contributed by atoms with Crippen LogP contribution in [0, 0.1) is 0 Å². The summed E-state index contributed by atoms with van der Waals surface area (Å²) >= 11 is 5.40. The summed E-state index contributed by atoms with van der Waals surface area (Å²) in [4.78, 5) is 0.